The van der Waals surface area contributed by atoms with Gasteiger partial charge in [-0.2, -0.15) is 0 Å². The summed E-state index contributed by atoms with van der Waals surface area (Å²) >= 11 is 0. The van der Waals surface area contributed by atoms with Crippen molar-refractivity contribution in [2.45, 2.75) is 26.3 Å². The molecule has 22 heavy (non-hydrogen) atoms. The molecule has 0 spiro atoms. The summed E-state index contributed by atoms with van der Waals surface area (Å²) in [6.45, 7) is 3.61. The number of carbonyl (C=O) groups is 1. The Labute approximate surface area is 137 Å². The number of halogens is 1. The molecule has 0 unspecified atom stereocenters. The van der Waals surface area contributed by atoms with Gasteiger partial charge < -0.3 is 10.6 Å². The van der Waals surface area contributed by atoms with E-state index in [1.807, 2.05) is 30.3 Å². The van der Waals surface area contributed by atoms with E-state index in [4.69, 9.17) is 0 Å². The fraction of sp³-hybridized carbons (Fsp3) is 0.278. The summed E-state index contributed by atoms with van der Waals surface area (Å²) in [4.78, 5) is 12.4. The van der Waals surface area contributed by atoms with Gasteiger partial charge in [-0.1, -0.05) is 35.9 Å². The van der Waals surface area contributed by atoms with Crippen LogP contribution in [0.3, 0.4) is 0 Å². The lowest BCUT2D eigenvalue weighted by Gasteiger charge is -2.20. The number of fused-ring (bicyclic) bond motifs is 1. The molecular weight excluding hydrogens is 296 g/mol. The number of hydrogen-bond acceptors (Lipinski definition) is 2. The monoisotopic (exact) mass is 316 g/mol. The summed E-state index contributed by atoms with van der Waals surface area (Å²) in [5, 5.41) is 6.39. The first-order valence-electron chi connectivity index (χ1n) is 7.43. The fourth-order valence-corrected chi connectivity index (χ4v) is 2.82. The Hall–Kier alpha value is -2.00. The van der Waals surface area contributed by atoms with Gasteiger partial charge in [0.15, 0.2) is 0 Å². The second-order valence-corrected chi connectivity index (χ2v) is 5.53. The molecule has 2 aromatic carbocycles. The molecule has 1 amide bonds. The molecule has 0 bridgehead atoms. The maximum Gasteiger partial charge on any atom is 0.251 e. The topological polar surface area (TPSA) is 41.1 Å². The lowest BCUT2D eigenvalue weighted by Crippen LogP contribution is -2.25. The van der Waals surface area contributed by atoms with E-state index < -0.39 is 0 Å². The van der Waals surface area contributed by atoms with E-state index >= 15 is 0 Å². The van der Waals surface area contributed by atoms with Gasteiger partial charge in [0.05, 0.1) is 0 Å². The smallest absolute Gasteiger partial charge is 0.251 e. The molecule has 0 aliphatic carbocycles. The van der Waals surface area contributed by atoms with E-state index in [9.17, 15) is 4.79 Å². The summed E-state index contributed by atoms with van der Waals surface area (Å²) in [5.41, 5.74) is 5.39. The summed E-state index contributed by atoms with van der Waals surface area (Å²) in [7, 11) is 0. The number of nitrogens with one attached hydrogen (secondary N) is 2. The third-order valence-corrected chi connectivity index (χ3v) is 3.88. The first-order chi connectivity index (χ1) is 10.2. The van der Waals surface area contributed by atoms with Gasteiger partial charge in [0, 0.05) is 24.3 Å². The molecule has 0 aromatic heterocycles. The zero-order chi connectivity index (χ0) is 14.7. The van der Waals surface area contributed by atoms with E-state index in [0.29, 0.717) is 6.54 Å². The number of amides is 1. The molecule has 0 saturated carbocycles. The summed E-state index contributed by atoms with van der Waals surface area (Å²) < 4.78 is 0. The van der Waals surface area contributed by atoms with Crippen LogP contribution < -0.4 is 10.6 Å². The van der Waals surface area contributed by atoms with E-state index in [0.717, 1.165) is 41.8 Å². The van der Waals surface area contributed by atoms with E-state index in [1.165, 1.54) is 5.56 Å². The molecule has 0 saturated heterocycles. The highest BCUT2D eigenvalue weighted by atomic mass is 35.5. The van der Waals surface area contributed by atoms with Crippen molar-refractivity contribution in [3.8, 4) is 0 Å². The Kier molecular flexibility index (Phi) is 5.45. The molecule has 4 heteroatoms. The molecule has 0 fully saturated rings. The maximum atomic E-state index is 12.4. The SMILES string of the molecule is Cc1cccc(CNC(=O)c2cccc3c2CCCN3)c1.Cl. The minimum absolute atomic E-state index is 0. The van der Waals surface area contributed by atoms with Crippen molar-refractivity contribution in [3.63, 3.8) is 0 Å². The summed E-state index contributed by atoms with van der Waals surface area (Å²) in [5.74, 6) is 0.0112. The summed E-state index contributed by atoms with van der Waals surface area (Å²) in [6.07, 6.45) is 2.05. The Morgan fingerprint density at radius 1 is 1.23 bits per heavy atom. The highest BCUT2D eigenvalue weighted by molar-refractivity contribution is 5.97. The van der Waals surface area contributed by atoms with E-state index in [2.05, 4.69) is 29.7 Å². The third-order valence-electron chi connectivity index (χ3n) is 3.88. The Balaban J connectivity index is 0.00000176. The maximum absolute atomic E-state index is 12.4. The second-order valence-electron chi connectivity index (χ2n) is 5.53. The molecule has 0 atom stereocenters. The van der Waals surface area contributed by atoms with Crippen LogP contribution in [-0.4, -0.2) is 12.5 Å². The highest BCUT2D eigenvalue weighted by Crippen LogP contribution is 2.25. The van der Waals surface area contributed by atoms with Gasteiger partial charge >= 0.3 is 0 Å². The zero-order valence-electron chi connectivity index (χ0n) is 12.7. The van der Waals surface area contributed by atoms with Crippen molar-refractivity contribution in [3.05, 3.63) is 64.7 Å². The number of hydrogen-bond donors (Lipinski definition) is 2. The predicted octanol–water partition coefficient (Wildman–Crippen LogP) is 3.70. The van der Waals surface area contributed by atoms with Crippen LogP contribution in [0.5, 0.6) is 0 Å². The van der Waals surface area contributed by atoms with Crippen LogP contribution in [0.4, 0.5) is 5.69 Å². The normalized spacial score (nSPS) is 12.6. The van der Waals surface area contributed by atoms with Crippen molar-refractivity contribution >= 4 is 24.0 Å². The van der Waals surface area contributed by atoms with Crippen LogP contribution in [-0.2, 0) is 13.0 Å². The van der Waals surface area contributed by atoms with Gasteiger partial charge in [-0.3, -0.25) is 4.79 Å². The lowest BCUT2D eigenvalue weighted by atomic mass is 9.97. The van der Waals surface area contributed by atoms with Crippen LogP contribution in [0.1, 0.15) is 33.5 Å². The average Bonchev–Trinajstić information content (AvgIpc) is 2.52. The van der Waals surface area contributed by atoms with Crippen LogP contribution in [0.2, 0.25) is 0 Å². The van der Waals surface area contributed by atoms with Crippen molar-refractivity contribution in [2.24, 2.45) is 0 Å². The quantitative estimate of drug-likeness (QED) is 0.906. The highest BCUT2D eigenvalue weighted by Gasteiger charge is 2.16. The number of carbonyl (C=O) groups excluding carboxylic acids is 1. The van der Waals surface area contributed by atoms with Gasteiger partial charge in [-0.15, -0.1) is 12.4 Å². The summed E-state index contributed by atoms with van der Waals surface area (Å²) in [6, 6.07) is 14.1. The molecule has 2 N–H and O–H groups in total. The minimum atomic E-state index is 0. The van der Waals surface area contributed by atoms with E-state index in [-0.39, 0.29) is 18.3 Å². The average molecular weight is 317 g/mol. The van der Waals surface area contributed by atoms with Crippen LogP contribution >= 0.6 is 12.4 Å². The van der Waals surface area contributed by atoms with Crippen molar-refractivity contribution in [2.75, 3.05) is 11.9 Å². The van der Waals surface area contributed by atoms with Crippen LogP contribution in [0.25, 0.3) is 0 Å². The van der Waals surface area contributed by atoms with Gasteiger partial charge in [-0.25, -0.2) is 0 Å². The van der Waals surface area contributed by atoms with E-state index in [1.54, 1.807) is 0 Å². The predicted molar refractivity (Wildman–Crippen MR) is 92.8 cm³/mol. The Bertz CT molecular complexity index is 670. The molecule has 3 nitrogen and oxygen atoms in total. The molecule has 3 rings (SSSR count). The molecule has 0 radical (unpaired) electrons. The number of rotatable bonds is 3. The lowest BCUT2D eigenvalue weighted by molar-refractivity contribution is 0.0950. The fourth-order valence-electron chi connectivity index (χ4n) is 2.82. The van der Waals surface area contributed by atoms with Gasteiger partial charge in [0.2, 0.25) is 0 Å². The standard InChI is InChI=1S/C18H20N2O.ClH/c1-13-5-2-6-14(11-13)12-20-18(21)16-7-3-9-17-15(16)8-4-10-19-17;/h2-3,5-7,9,11,19H,4,8,10,12H2,1H3,(H,20,21);1H. The minimum Gasteiger partial charge on any atom is -0.385 e. The van der Waals surface area contributed by atoms with Gasteiger partial charge in [-0.05, 0) is 43.0 Å². The Morgan fingerprint density at radius 2 is 2.05 bits per heavy atom. The zero-order valence-corrected chi connectivity index (χ0v) is 13.5. The molecule has 1 aliphatic rings. The first-order valence-corrected chi connectivity index (χ1v) is 7.43. The number of anilines is 1. The molecule has 2 aromatic rings. The molecular formula is C18H21ClN2O. The molecule has 116 valence electrons. The second kappa shape index (κ2) is 7.32. The first kappa shape index (κ1) is 16.4. The van der Waals surface area contributed by atoms with Gasteiger partial charge in [0.1, 0.15) is 0 Å². The van der Waals surface area contributed by atoms with Crippen molar-refractivity contribution in [1.82, 2.24) is 5.32 Å². The molecule has 1 heterocycles. The largest absolute Gasteiger partial charge is 0.385 e. The van der Waals surface area contributed by atoms with Crippen molar-refractivity contribution in [1.29, 1.82) is 0 Å². The third kappa shape index (κ3) is 3.60. The van der Waals surface area contributed by atoms with Crippen LogP contribution in [0, 0.1) is 6.92 Å². The number of benzene rings is 2. The van der Waals surface area contributed by atoms with Crippen LogP contribution in [0.15, 0.2) is 42.5 Å². The Morgan fingerprint density at radius 3 is 2.86 bits per heavy atom. The number of aryl methyl sites for hydroxylation is 1. The molecule has 1 aliphatic heterocycles. The van der Waals surface area contributed by atoms with Gasteiger partial charge in [0.25, 0.3) is 5.91 Å². The van der Waals surface area contributed by atoms with Crippen molar-refractivity contribution < 1.29 is 4.79 Å².